The SMILES string of the molecule is Cc1cc(OCc2nncn2C)ccc1F. The molecule has 1 aromatic carbocycles. The molecule has 0 aliphatic heterocycles. The molecule has 0 saturated heterocycles. The van der Waals surface area contributed by atoms with Gasteiger partial charge in [0, 0.05) is 7.05 Å². The second-order valence-corrected chi connectivity index (χ2v) is 3.56. The molecule has 2 aromatic rings. The van der Waals surface area contributed by atoms with Crippen LogP contribution >= 0.6 is 0 Å². The minimum absolute atomic E-state index is 0.231. The molecule has 0 radical (unpaired) electrons. The van der Waals surface area contributed by atoms with E-state index in [9.17, 15) is 4.39 Å². The number of benzene rings is 1. The minimum Gasteiger partial charge on any atom is -0.486 e. The van der Waals surface area contributed by atoms with E-state index in [0.29, 0.717) is 17.9 Å². The first-order valence-electron chi connectivity index (χ1n) is 4.88. The fraction of sp³-hybridized carbons (Fsp3) is 0.273. The third-order valence-corrected chi connectivity index (χ3v) is 2.30. The summed E-state index contributed by atoms with van der Waals surface area (Å²) in [5, 5.41) is 7.62. The molecular formula is C11H12FN3O. The van der Waals surface area contributed by atoms with Crippen molar-refractivity contribution in [1.82, 2.24) is 14.8 Å². The lowest BCUT2D eigenvalue weighted by atomic mass is 10.2. The number of aryl methyl sites for hydroxylation is 2. The Hall–Kier alpha value is -1.91. The summed E-state index contributed by atoms with van der Waals surface area (Å²) < 4.78 is 20.2. The monoisotopic (exact) mass is 221 g/mol. The standard InChI is InChI=1S/C11H12FN3O/c1-8-5-9(3-4-10(8)12)16-6-11-14-13-7-15(11)2/h3-5,7H,6H2,1-2H3. The normalized spacial score (nSPS) is 10.4. The van der Waals surface area contributed by atoms with Crippen LogP contribution in [0.3, 0.4) is 0 Å². The third kappa shape index (κ3) is 2.18. The molecule has 0 saturated carbocycles. The van der Waals surface area contributed by atoms with Gasteiger partial charge >= 0.3 is 0 Å². The number of nitrogens with zero attached hydrogens (tertiary/aromatic N) is 3. The number of rotatable bonds is 3. The molecule has 0 fully saturated rings. The summed E-state index contributed by atoms with van der Waals surface area (Å²) in [5.74, 6) is 1.12. The summed E-state index contributed by atoms with van der Waals surface area (Å²) >= 11 is 0. The van der Waals surface area contributed by atoms with Crippen LogP contribution < -0.4 is 4.74 Å². The number of halogens is 1. The van der Waals surface area contributed by atoms with Gasteiger partial charge in [0.15, 0.2) is 5.82 Å². The number of ether oxygens (including phenoxy) is 1. The van der Waals surface area contributed by atoms with Gasteiger partial charge in [-0.05, 0) is 30.7 Å². The van der Waals surface area contributed by atoms with Crippen molar-refractivity contribution in [3.63, 3.8) is 0 Å². The summed E-state index contributed by atoms with van der Waals surface area (Å²) in [4.78, 5) is 0. The second-order valence-electron chi connectivity index (χ2n) is 3.56. The molecule has 0 amide bonds. The first kappa shape index (κ1) is 10.6. The lowest BCUT2D eigenvalue weighted by Gasteiger charge is -2.06. The van der Waals surface area contributed by atoms with E-state index in [1.807, 2.05) is 7.05 Å². The molecule has 84 valence electrons. The smallest absolute Gasteiger partial charge is 0.170 e. The zero-order chi connectivity index (χ0) is 11.5. The van der Waals surface area contributed by atoms with E-state index in [2.05, 4.69) is 10.2 Å². The van der Waals surface area contributed by atoms with E-state index in [0.717, 1.165) is 5.82 Å². The highest BCUT2D eigenvalue weighted by molar-refractivity contribution is 5.28. The molecule has 0 bridgehead atoms. The van der Waals surface area contributed by atoms with Crippen LogP contribution in [0.1, 0.15) is 11.4 Å². The molecule has 1 heterocycles. The minimum atomic E-state index is -0.231. The van der Waals surface area contributed by atoms with Gasteiger partial charge in [0.05, 0.1) is 0 Å². The van der Waals surface area contributed by atoms with Crippen molar-refractivity contribution in [2.75, 3.05) is 0 Å². The summed E-state index contributed by atoms with van der Waals surface area (Å²) in [6, 6.07) is 4.64. The van der Waals surface area contributed by atoms with Crippen LogP contribution in [0.2, 0.25) is 0 Å². The van der Waals surface area contributed by atoms with Crippen LogP contribution in [0.25, 0.3) is 0 Å². The third-order valence-electron chi connectivity index (χ3n) is 2.30. The van der Waals surface area contributed by atoms with E-state index in [1.54, 1.807) is 30.0 Å². The Morgan fingerprint density at radius 2 is 2.25 bits per heavy atom. The van der Waals surface area contributed by atoms with Crippen molar-refractivity contribution in [2.24, 2.45) is 7.05 Å². The number of hydrogen-bond acceptors (Lipinski definition) is 3. The molecule has 16 heavy (non-hydrogen) atoms. The van der Waals surface area contributed by atoms with Gasteiger partial charge < -0.3 is 9.30 Å². The molecule has 4 nitrogen and oxygen atoms in total. The predicted molar refractivity (Wildman–Crippen MR) is 56.5 cm³/mol. The van der Waals surface area contributed by atoms with Gasteiger partial charge in [-0.25, -0.2) is 4.39 Å². The number of hydrogen-bond donors (Lipinski definition) is 0. The molecule has 5 heteroatoms. The van der Waals surface area contributed by atoms with E-state index in [-0.39, 0.29) is 5.82 Å². The van der Waals surface area contributed by atoms with Crippen LogP contribution in [0.5, 0.6) is 5.75 Å². The van der Waals surface area contributed by atoms with Crippen LogP contribution in [0.4, 0.5) is 4.39 Å². The average Bonchev–Trinajstić information content (AvgIpc) is 2.66. The van der Waals surface area contributed by atoms with Crippen LogP contribution in [-0.2, 0) is 13.7 Å². The molecule has 2 rings (SSSR count). The van der Waals surface area contributed by atoms with Gasteiger partial charge in [-0.3, -0.25) is 0 Å². The van der Waals surface area contributed by atoms with Gasteiger partial charge in [-0.15, -0.1) is 10.2 Å². The highest BCUT2D eigenvalue weighted by Gasteiger charge is 2.03. The van der Waals surface area contributed by atoms with Crippen molar-refractivity contribution in [1.29, 1.82) is 0 Å². The molecular weight excluding hydrogens is 209 g/mol. The Labute approximate surface area is 92.7 Å². The Bertz CT molecular complexity index is 496. The Balaban J connectivity index is 2.05. The molecule has 0 N–H and O–H groups in total. The Morgan fingerprint density at radius 1 is 1.44 bits per heavy atom. The van der Waals surface area contributed by atoms with E-state index in [1.165, 1.54) is 6.07 Å². The van der Waals surface area contributed by atoms with Crippen molar-refractivity contribution in [2.45, 2.75) is 13.5 Å². The second kappa shape index (κ2) is 4.30. The summed E-state index contributed by atoms with van der Waals surface area (Å²) in [7, 11) is 1.84. The lowest BCUT2D eigenvalue weighted by Crippen LogP contribution is -2.03. The lowest BCUT2D eigenvalue weighted by molar-refractivity contribution is 0.290. The van der Waals surface area contributed by atoms with E-state index in [4.69, 9.17) is 4.74 Å². The van der Waals surface area contributed by atoms with E-state index >= 15 is 0 Å². The average molecular weight is 221 g/mol. The zero-order valence-electron chi connectivity index (χ0n) is 9.14. The fourth-order valence-electron chi connectivity index (χ4n) is 1.29. The molecule has 0 spiro atoms. The first-order chi connectivity index (χ1) is 7.66. The highest BCUT2D eigenvalue weighted by Crippen LogP contribution is 2.16. The Morgan fingerprint density at radius 3 is 2.88 bits per heavy atom. The van der Waals surface area contributed by atoms with Gasteiger partial charge in [0.1, 0.15) is 24.5 Å². The van der Waals surface area contributed by atoms with Crippen LogP contribution in [0, 0.1) is 12.7 Å². The number of aromatic nitrogens is 3. The molecule has 0 atom stereocenters. The Kier molecular flexibility index (Phi) is 2.85. The zero-order valence-corrected chi connectivity index (χ0v) is 9.14. The summed E-state index contributed by atoms with van der Waals surface area (Å²) in [6.07, 6.45) is 1.61. The predicted octanol–water partition coefficient (Wildman–Crippen LogP) is 1.84. The van der Waals surface area contributed by atoms with Gasteiger partial charge in [0.2, 0.25) is 0 Å². The van der Waals surface area contributed by atoms with Crippen molar-refractivity contribution < 1.29 is 9.13 Å². The molecule has 0 unspecified atom stereocenters. The van der Waals surface area contributed by atoms with Gasteiger partial charge in [-0.2, -0.15) is 0 Å². The first-order valence-corrected chi connectivity index (χ1v) is 4.88. The van der Waals surface area contributed by atoms with Gasteiger partial charge in [-0.1, -0.05) is 0 Å². The maximum Gasteiger partial charge on any atom is 0.170 e. The van der Waals surface area contributed by atoms with Crippen molar-refractivity contribution >= 4 is 0 Å². The molecule has 1 aromatic heterocycles. The highest BCUT2D eigenvalue weighted by atomic mass is 19.1. The van der Waals surface area contributed by atoms with Gasteiger partial charge in [0.25, 0.3) is 0 Å². The summed E-state index contributed by atoms with van der Waals surface area (Å²) in [5.41, 5.74) is 0.565. The van der Waals surface area contributed by atoms with E-state index < -0.39 is 0 Å². The van der Waals surface area contributed by atoms with Crippen LogP contribution in [0.15, 0.2) is 24.5 Å². The van der Waals surface area contributed by atoms with Crippen molar-refractivity contribution in [3.8, 4) is 5.75 Å². The fourth-order valence-corrected chi connectivity index (χ4v) is 1.29. The molecule has 0 aliphatic rings. The topological polar surface area (TPSA) is 39.9 Å². The quantitative estimate of drug-likeness (QED) is 0.794. The summed E-state index contributed by atoms with van der Waals surface area (Å²) in [6.45, 7) is 2.02. The maximum atomic E-state index is 13.0. The molecule has 0 aliphatic carbocycles. The van der Waals surface area contributed by atoms with Crippen molar-refractivity contribution in [3.05, 3.63) is 41.7 Å². The van der Waals surface area contributed by atoms with Crippen LogP contribution in [-0.4, -0.2) is 14.8 Å². The maximum absolute atomic E-state index is 13.0. The largest absolute Gasteiger partial charge is 0.486 e.